The van der Waals surface area contributed by atoms with Crippen molar-refractivity contribution in [2.75, 3.05) is 13.7 Å². The molecule has 140 valence electrons. The molecule has 1 N–H and O–H groups in total. The van der Waals surface area contributed by atoms with Gasteiger partial charge in [-0.3, -0.25) is 4.79 Å². The molecule has 0 aromatic carbocycles. The molecule has 0 aromatic rings. The number of cyclic esters (lactones) is 1. The smallest absolute Gasteiger partial charge is 0.334 e. The van der Waals surface area contributed by atoms with E-state index in [1.165, 1.54) is 7.11 Å². The van der Waals surface area contributed by atoms with Crippen LogP contribution in [0.1, 0.15) is 58.8 Å². The Morgan fingerprint density at radius 1 is 1.36 bits per heavy atom. The second kappa shape index (κ2) is 6.75. The summed E-state index contributed by atoms with van der Waals surface area (Å²) >= 11 is 0. The number of hydrogen-bond acceptors (Lipinski definition) is 5. The normalized spacial score (nSPS) is 40.9. The molecular weight excluding hydrogens is 320 g/mol. The van der Waals surface area contributed by atoms with Crippen LogP contribution >= 0.6 is 0 Å². The fourth-order valence-corrected chi connectivity index (χ4v) is 5.89. The first-order valence-corrected chi connectivity index (χ1v) is 9.45. The van der Waals surface area contributed by atoms with Crippen LogP contribution in [0, 0.1) is 22.7 Å². The fraction of sp³-hybridized carbons (Fsp3) is 0.800. The van der Waals surface area contributed by atoms with Crippen LogP contribution in [-0.2, 0) is 19.1 Å². The van der Waals surface area contributed by atoms with Gasteiger partial charge in [-0.2, -0.15) is 0 Å². The zero-order chi connectivity index (χ0) is 18.2. The van der Waals surface area contributed by atoms with Crippen LogP contribution in [-0.4, -0.2) is 36.9 Å². The summed E-state index contributed by atoms with van der Waals surface area (Å²) in [6.07, 6.45) is 7.24. The van der Waals surface area contributed by atoms with Crippen LogP contribution in [0.5, 0.6) is 0 Å². The fourth-order valence-electron chi connectivity index (χ4n) is 5.89. The number of hydrogen-bond donors (Lipinski definition) is 1. The Hall–Kier alpha value is -1.36. The van der Waals surface area contributed by atoms with Gasteiger partial charge in [0.2, 0.25) is 0 Å². The van der Waals surface area contributed by atoms with Gasteiger partial charge in [0.1, 0.15) is 6.61 Å². The Balaban J connectivity index is 1.82. The lowest BCUT2D eigenvalue weighted by Gasteiger charge is -2.58. The second-order valence-corrected chi connectivity index (χ2v) is 8.44. The minimum Gasteiger partial charge on any atom is -0.469 e. The Labute approximate surface area is 149 Å². The lowest BCUT2D eigenvalue weighted by molar-refractivity contribution is -0.177. The zero-order valence-corrected chi connectivity index (χ0v) is 15.5. The van der Waals surface area contributed by atoms with Crippen LogP contribution in [0.3, 0.4) is 0 Å². The molecule has 0 bridgehead atoms. The summed E-state index contributed by atoms with van der Waals surface area (Å²) in [6.45, 7) is 4.63. The van der Waals surface area contributed by atoms with Gasteiger partial charge < -0.3 is 14.6 Å². The second-order valence-electron chi connectivity index (χ2n) is 8.44. The van der Waals surface area contributed by atoms with Crippen molar-refractivity contribution >= 4 is 11.9 Å². The number of aliphatic hydroxyl groups excluding tert-OH is 1. The number of methoxy groups -OCH3 is 1. The van der Waals surface area contributed by atoms with Gasteiger partial charge in [-0.15, -0.1) is 0 Å². The predicted molar refractivity (Wildman–Crippen MR) is 92.6 cm³/mol. The topological polar surface area (TPSA) is 72.8 Å². The van der Waals surface area contributed by atoms with Gasteiger partial charge in [-0.25, -0.2) is 4.79 Å². The molecule has 1 heterocycles. The molecule has 5 nitrogen and oxygen atoms in total. The van der Waals surface area contributed by atoms with Crippen molar-refractivity contribution in [1.82, 2.24) is 0 Å². The summed E-state index contributed by atoms with van der Waals surface area (Å²) in [4.78, 5) is 24.2. The molecule has 2 saturated carbocycles. The molecule has 3 rings (SSSR count). The molecule has 1 unspecified atom stereocenters. The maximum absolute atomic E-state index is 12.5. The third kappa shape index (κ3) is 3.01. The highest BCUT2D eigenvalue weighted by atomic mass is 16.5. The highest BCUT2D eigenvalue weighted by Gasteiger charge is 2.58. The van der Waals surface area contributed by atoms with Crippen LogP contribution in [0.2, 0.25) is 0 Å². The molecule has 1 aliphatic heterocycles. The van der Waals surface area contributed by atoms with Crippen LogP contribution in [0.25, 0.3) is 0 Å². The van der Waals surface area contributed by atoms with Gasteiger partial charge in [-0.05, 0) is 68.8 Å². The van der Waals surface area contributed by atoms with Crippen molar-refractivity contribution < 1.29 is 24.2 Å². The van der Waals surface area contributed by atoms with Crippen LogP contribution in [0.4, 0.5) is 0 Å². The average molecular weight is 350 g/mol. The van der Waals surface area contributed by atoms with Crippen molar-refractivity contribution in [3.63, 3.8) is 0 Å². The molecule has 2 fully saturated rings. The van der Waals surface area contributed by atoms with Crippen LogP contribution < -0.4 is 0 Å². The van der Waals surface area contributed by atoms with Gasteiger partial charge in [0.05, 0.1) is 18.6 Å². The standard InChI is InChI=1S/C20H30O5/c1-19-10-4-11-20(2,18(23)24-3)16(19)8-7-15(21)14(19)6-5-13-9-12-25-17(13)22/h9,14-16,21H,4-8,10-12H2,1-3H3/t14-,15-,16?,19+,20-/m0/s1. The quantitative estimate of drug-likeness (QED) is 0.789. The van der Waals surface area contributed by atoms with E-state index in [-0.39, 0.29) is 35.3 Å². The molecule has 0 spiro atoms. The van der Waals surface area contributed by atoms with Gasteiger partial charge in [0.15, 0.2) is 0 Å². The van der Waals surface area contributed by atoms with E-state index in [9.17, 15) is 14.7 Å². The van der Waals surface area contributed by atoms with E-state index in [2.05, 4.69) is 6.92 Å². The largest absolute Gasteiger partial charge is 0.469 e. The molecular formula is C20H30O5. The highest BCUT2D eigenvalue weighted by Crippen LogP contribution is 2.61. The summed E-state index contributed by atoms with van der Waals surface area (Å²) in [6, 6.07) is 0. The van der Waals surface area contributed by atoms with Crippen LogP contribution in [0.15, 0.2) is 11.6 Å². The highest BCUT2D eigenvalue weighted by molar-refractivity contribution is 5.90. The van der Waals surface area contributed by atoms with E-state index >= 15 is 0 Å². The Morgan fingerprint density at radius 2 is 2.12 bits per heavy atom. The number of carbonyl (C=O) groups is 2. The van der Waals surface area contributed by atoms with Crippen molar-refractivity contribution in [2.45, 2.75) is 64.9 Å². The molecule has 0 radical (unpaired) electrons. The van der Waals surface area contributed by atoms with E-state index in [0.29, 0.717) is 19.4 Å². The van der Waals surface area contributed by atoms with Crippen molar-refractivity contribution in [3.8, 4) is 0 Å². The molecule has 2 aliphatic carbocycles. The lowest BCUT2D eigenvalue weighted by atomic mass is 9.47. The number of esters is 2. The molecule has 0 saturated heterocycles. The van der Waals surface area contributed by atoms with Crippen molar-refractivity contribution in [3.05, 3.63) is 11.6 Å². The lowest BCUT2D eigenvalue weighted by Crippen LogP contribution is -2.56. The summed E-state index contributed by atoms with van der Waals surface area (Å²) < 4.78 is 10.1. The summed E-state index contributed by atoms with van der Waals surface area (Å²) in [5.74, 6) is -0.0559. The van der Waals surface area contributed by atoms with Crippen molar-refractivity contribution in [1.29, 1.82) is 0 Å². The summed E-state index contributed by atoms with van der Waals surface area (Å²) in [7, 11) is 1.47. The maximum atomic E-state index is 12.5. The van der Waals surface area contributed by atoms with E-state index in [0.717, 1.165) is 37.7 Å². The number of fused-ring (bicyclic) bond motifs is 1. The van der Waals surface area contributed by atoms with Gasteiger partial charge in [0.25, 0.3) is 0 Å². The Bertz CT molecular complexity index is 583. The Morgan fingerprint density at radius 3 is 2.76 bits per heavy atom. The number of carbonyl (C=O) groups excluding carboxylic acids is 2. The molecule has 5 heteroatoms. The summed E-state index contributed by atoms with van der Waals surface area (Å²) in [5.41, 5.74) is 0.137. The van der Waals surface area contributed by atoms with E-state index < -0.39 is 5.41 Å². The van der Waals surface area contributed by atoms with Crippen molar-refractivity contribution in [2.24, 2.45) is 22.7 Å². The molecule has 0 amide bonds. The third-order valence-corrected chi connectivity index (χ3v) is 7.22. The first kappa shape index (κ1) is 18.4. The minimum absolute atomic E-state index is 0.0878. The first-order valence-electron chi connectivity index (χ1n) is 9.45. The average Bonchev–Trinajstić information content (AvgIpc) is 2.98. The van der Waals surface area contributed by atoms with Gasteiger partial charge in [-0.1, -0.05) is 13.3 Å². The monoisotopic (exact) mass is 350 g/mol. The summed E-state index contributed by atoms with van der Waals surface area (Å²) in [5, 5.41) is 10.7. The predicted octanol–water partition coefficient (Wildman–Crippen LogP) is 3.01. The molecule has 0 aromatic heterocycles. The Kier molecular flexibility index (Phi) is 4.97. The first-order chi connectivity index (χ1) is 11.8. The van der Waals surface area contributed by atoms with Gasteiger partial charge in [0, 0.05) is 5.57 Å². The third-order valence-electron chi connectivity index (χ3n) is 7.22. The van der Waals surface area contributed by atoms with Gasteiger partial charge >= 0.3 is 11.9 Å². The number of aliphatic hydroxyl groups is 1. The maximum Gasteiger partial charge on any atom is 0.334 e. The number of ether oxygens (including phenoxy) is 2. The van der Waals surface area contributed by atoms with E-state index in [1.807, 2.05) is 13.0 Å². The van der Waals surface area contributed by atoms with E-state index in [1.54, 1.807) is 0 Å². The minimum atomic E-state index is -0.480. The zero-order valence-electron chi connectivity index (χ0n) is 15.5. The SMILES string of the molecule is COC(=O)[C@@]1(C)CCC[C@@]2(C)C1CC[C@H](O)[C@@H]2CCC1=CCOC1=O. The number of rotatable bonds is 4. The molecule has 5 atom stereocenters. The molecule has 25 heavy (non-hydrogen) atoms. The molecule has 3 aliphatic rings. The van der Waals surface area contributed by atoms with E-state index in [4.69, 9.17) is 9.47 Å².